The van der Waals surface area contributed by atoms with E-state index in [9.17, 15) is 9.59 Å². The summed E-state index contributed by atoms with van der Waals surface area (Å²) in [6.45, 7) is 15.6. The molecule has 144 valence electrons. The number of nitrogens with zero attached hydrogens (tertiary/aromatic N) is 4. The zero-order chi connectivity index (χ0) is 18.2. The third-order valence-corrected chi connectivity index (χ3v) is 5.38. The van der Waals surface area contributed by atoms with Crippen LogP contribution in [0, 0.1) is 0 Å². The molecule has 0 aromatic heterocycles. The first-order valence-electron chi connectivity index (χ1n) is 9.79. The summed E-state index contributed by atoms with van der Waals surface area (Å²) in [6, 6.07) is -0.0655. The van der Waals surface area contributed by atoms with E-state index in [1.165, 1.54) is 0 Å². The van der Waals surface area contributed by atoms with Crippen LogP contribution in [0.25, 0.3) is 0 Å². The van der Waals surface area contributed by atoms with Crippen LogP contribution >= 0.6 is 0 Å². The maximum Gasteiger partial charge on any atom is 0.239 e. The monoisotopic (exact) mass is 353 g/mol. The summed E-state index contributed by atoms with van der Waals surface area (Å²) in [6.07, 6.45) is 0.964. The minimum atomic E-state index is -0.0655. The molecular formula is C18H35N5O2. The molecule has 0 radical (unpaired) electrons. The number of hydrogen-bond donors (Lipinski definition) is 1. The fourth-order valence-corrected chi connectivity index (χ4v) is 3.54. The van der Waals surface area contributed by atoms with Gasteiger partial charge in [0.2, 0.25) is 11.8 Å². The highest BCUT2D eigenvalue weighted by molar-refractivity contribution is 5.81. The molecule has 1 N–H and O–H groups in total. The minimum Gasteiger partial charge on any atom is -0.355 e. The first-order valence-corrected chi connectivity index (χ1v) is 9.79. The molecule has 1 unspecified atom stereocenters. The number of rotatable bonds is 7. The van der Waals surface area contributed by atoms with Crippen LogP contribution < -0.4 is 5.32 Å². The summed E-state index contributed by atoms with van der Waals surface area (Å²) in [5.74, 6) is 0.359. The fraction of sp³-hybridized carbons (Fsp3) is 0.889. The van der Waals surface area contributed by atoms with Crippen molar-refractivity contribution in [2.45, 2.75) is 33.2 Å². The molecule has 2 rings (SSSR count). The molecule has 0 saturated carbocycles. The Labute approximate surface area is 152 Å². The average molecular weight is 354 g/mol. The van der Waals surface area contributed by atoms with E-state index in [1.807, 2.05) is 11.8 Å². The van der Waals surface area contributed by atoms with Crippen LogP contribution in [0.5, 0.6) is 0 Å². The fourth-order valence-electron chi connectivity index (χ4n) is 3.54. The molecule has 0 aromatic carbocycles. The molecular weight excluding hydrogens is 318 g/mol. The molecule has 2 fully saturated rings. The number of likely N-dealkylation sites (N-methyl/N-ethyl adjacent to an activating group) is 1. The molecule has 2 saturated heterocycles. The molecule has 2 aliphatic rings. The second kappa shape index (κ2) is 10.1. The Morgan fingerprint density at radius 3 is 2.08 bits per heavy atom. The van der Waals surface area contributed by atoms with Crippen molar-refractivity contribution in [3.05, 3.63) is 0 Å². The molecule has 2 aliphatic heterocycles. The predicted octanol–water partition coefficient (Wildman–Crippen LogP) is -0.317. The smallest absolute Gasteiger partial charge is 0.239 e. The standard InChI is InChI=1S/C18H35N5O2/c1-4-6-19-17(24)15-21-9-11-22(12-10-21)16(3)18(25)23-13-7-20(5-2)8-14-23/h16H,4-15H2,1-3H3,(H,19,24). The summed E-state index contributed by atoms with van der Waals surface area (Å²) in [5.41, 5.74) is 0. The van der Waals surface area contributed by atoms with Gasteiger partial charge in [-0.2, -0.15) is 0 Å². The van der Waals surface area contributed by atoms with Gasteiger partial charge in [-0.05, 0) is 19.9 Å². The van der Waals surface area contributed by atoms with Crippen LogP contribution in [0.1, 0.15) is 27.2 Å². The lowest BCUT2D eigenvalue weighted by atomic mass is 10.2. The lowest BCUT2D eigenvalue weighted by Gasteiger charge is -2.40. The zero-order valence-corrected chi connectivity index (χ0v) is 16.2. The van der Waals surface area contributed by atoms with Crippen molar-refractivity contribution in [2.24, 2.45) is 0 Å². The predicted molar refractivity (Wildman–Crippen MR) is 99.5 cm³/mol. The SMILES string of the molecule is CCCNC(=O)CN1CCN(C(C)C(=O)N2CCN(CC)CC2)CC1. The van der Waals surface area contributed by atoms with E-state index in [0.717, 1.165) is 71.9 Å². The Balaban J connectivity index is 1.72. The molecule has 2 heterocycles. The van der Waals surface area contributed by atoms with Crippen molar-refractivity contribution < 1.29 is 9.59 Å². The normalized spacial score (nSPS) is 22.0. The summed E-state index contributed by atoms with van der Waals surface area (Å²) in [7, 11) is 0. The molecule has 0 aliphatic carbocycles. The largest absolute Gasteiger partial charge is 0.355 e. The third kappa shape index (κ3) is 5.94. The first-order chi connectivity index (χ1) is 12.0. The van der Waals surface area contributed by atoms with Gasteiger partial charge in [0.15, 0.2) is 0 Å². The van der Waals surface area contributed by atoms with Gasteiger partial charge in [0, 0.05) is 58.9 Å². The molecule has 7 nitrogen and oxygen atoms in total. The van der Waals surface area contributed by atoms with E-state index in [-0.39, 0.29) is 17.9 Å². The maximum absolute atomic E-state index is 12.8. The van der Waals surface area contributed by atoms with Gasteiger partial charge in [-0.25, -0.2) is 0 Å². The summed E-state index contributed by atoms with van der Waals surface area (Å²) in [4.78, 5) is 33.4. The van der Waals surface area contributed by atoms with Gasteiger partial charge >= 0.3 is 0 Å². The van der Waals surface area contributed by atoms with Gasteiger partial charge in [-0.15, -0.1) is 0 Å². The highest BCUT2D eigenvalue weighted by Crippen LogP contribution is 2.11. The Hall–Kier alpha value is -1.18. The van der Waals surface area contributed by atoms with Gasteiger partial charge in [-0.3, -0.25) is 19.4 Å². The highest BCUT2D eigenvalue weighted by atomic mass is 16.2. The van der Waals surface area contributed by atoms with Gasteiger partial charge < -0.3 is 15.1 Å². The van der Waals surface area contributed by atoms with Crippen LogP contribution in [0.2, 0.25) is 0 Å². The number of carbonyl (C=O) groups excluding carboxylic acids is 2. The molecule has 25 heavy (non-hydrogen) atoms. The quantitative estimate of drug-likeness (QED) is 0.680. The van der Waals surface area contributed by atoms with E-state index in [2.05, 4.69) is 33.9 Å². The number of piperazine rings is 2. The molecule has 1 atom stereocenters. The van der Waals surface area contributed by atoms with Crippen LogP contribution in [0.3, 0.4) is 0 Å². The van der Waals surface area contributed by atoms with Crippen molar-refractivity contribution >= 4 is 11.8 Å². The second-order valence-electron chi connectivity index (χ2n) is 7.10. The lowest BCUT2D eigenvalue weighted by Crippen LogP contribution is -2.58. The van der Waals surface area contributed by atoms with E-state index in [4.69, 9.17) is 0 Å². The highest BCUT2D eigenvalue weighted by Gasteiger charge is 2.30. The van der Waals surface area contributed by atoms with Gasteiger partial charge in [0.1, 0.15) is 0 Å². The Bertz CT molecular complexity index is 429. The molecule has 2 amide bonds. The number of carbonyl (C=O) groups is 2. The second-order valence-corrected chi connectivity index (χ2v) is 7.10. The number of hydrogen-bond acceptors (Lipinski definition) is 5. The van der Waals surface area contributed by atoms with E-state index >= 15 is 0 Å². The molecule has 0 spiro atoms. The average Bonchev–Trinajstić information content (AvgIpc) is 2.66. The van der Waals surface area contributed by atoms with Crippen molar-refractivity contribution in [1.82, 2.24) is 24.9 Å². The van der Waals surface area contributed by atoms with Gasteiger partial charge in [-0.1, -0.05) is 13.8 Å². The minimum absolute atomic E-state index is 0.0655. The summed E-state index contributed by atoms with van der Waals surface area (Å²) >= 11 is 0. The van der Waals surface area contributed by atoms with E-state index < -0.39 is 0 Å². The van der Waals surface area contributed by atoms with E-state index in [0.29, 0.717) is 6.54 Å². The summed E-state index contributed by atoms with van der Waals surface area (Å²) in [5, 5.41) is 2.92. The van der Waals surface area contributed by atoms with Crippen molar-refractivity contribution in [3.8, 4) is 0 Å². The van der Waals surface area contributed by atoms with Gasteiger partial charge in [0.05, 0.1) is 12.6 Å². The van der Waals surface area contributed by atoms with Gasteiger partial charge in [0.25, 0.3) is 0 Å². The van der Waals surface area contributed by atoms with Crippen LogP contribution in [-0.2, 0) is 9.59 Å². The molecule has 0 bridgehead atoms. The molecule has 0 aromatic rings. The van der Waals surface area contributed by atoms with Crippen molar-refractivity contribution in [3.63, 3.8) is 0 Å². The Kier molecular flexibility index (Phi) is 8.12. The number of amides is 2. The van der Waals surface area contributed by atoms with Crippen molar-refractivity contribution in [2.75, 3.05) is 72.0 Å². The first kappa shape index (κ1) is 20.1. The van der Waals surface area contributed by atoms with E-state index in [1.54, 1.807) is 0 Å². The van der Waals surface area contributed by atoms with Crippen LogP contribution in [0.4, 0.5) is 0 Å². The summed E-state index contributed by atoms with van der Waals surface area (Å²) < 4.78 is 0. The van der Waals surface area contributed by atoms with Crippen LogP contribution in [0.15, 0.2) is 0 Å². The molecule has 7 heteroatoms. The Morgan fingerprint density at radius 2 is 1.52 bits per heavy atom. The topological polar surface area (TPSA) is 59.1 Å². The van der Waals surface area contributed by atoms with Crippen molar-refractivity contribution in [1.29, 1.82) is 0 Å². The zero-order valence-electron chi connectivity index (χ0n) is 16.2. The third-order valence-electron chi connectivity index (χ3n) is 5.38. The van der Waals surface area contributed by atoms with Crippen LogP contribution in [-0.4, -0.2) is 109 Å². The lowest BCUT2D eigenvalue weighted by molar-refractivity contribution is -0.139. The Morgan fingerprint density at radius 1 is 0.920 bits per heavy atom. The number of nitrogens with one attached hydrogen (secondary N) is 1. The maximum atomic E-state index is 12.8.